The Hall–Kier alpha value is -2.78. The average molecular weight is 289 g/mol. The van der Waals surface area contributed by atoms with Crippen LogP contribution < -0.4 is 11.1 Å². The smallest absolute Gasteiger partial charge is 0.354 e. The number of hydrogen-bond acceptors (Lipinski definition) is 5. The lowest BCUT2D eigenvalue weighted by Crippen LogP contribution is -2.06. The molecule has 1 aromatic heterocycles. The molecule has 0 bridgehead atoms. The van der Waals surface area contributed by atoms with Gasteiger partial charge < -0.3 is 16.2 Å². The van der Waals surface area contributed by atoms with E-state index in [-0.39, 0.29) is 17.2 Å². The maximum Gasteiger partial charge on any atom is 0.354 e. The Bertz CT molecular complexity index is 725. The molecule has 20 heavy (non-hydrogen) atoms. The minimum absolute atomic E-state index is 0.144. The number of hydrogen-bond donors (Lipinski definition) is 3. The van der Waals surface area contributed by atoms with Crippen molar-refractivity contribution in [2.75, 3.05) is 11.1 Å². The zero-order valence-corrected chi connectivity index (χ0v) is 10.8. The molecule has 7 heteroatoms. The molecule has 0 aliphatic carbocycles. The molecule has 0 atom stereocenters. The van der Waals surface area contributed by atoms with Gasteiger partial charge in [-0.3, -0.25) is 0 Å². The number of rotatable bonds is 3. The van der Waals surface area contributed by atoms with E-state index < -0.39 is 5.97 Å². The van der Waals surface area contributed by atoms with Crippen molar-refractivity contribution in [2.24, 2.45) is 0 Å². The van der Waals surface area contributed by atoms with Gasteiger partial charge in [0.05, 0.1) is 28.0 Å². The summed E-state index contributed by atoms with van der Waals surface area (Å²) in [5.74, 6) is -0.994. The molecule has 4 N–H and O–H groups in total. The highest BCUT2D eigenvalue weighted by atomic mass is 35.5. The highest BCUT2D eigenvalue weighted by Gasteiger charge is 2.10. The fourth-order valence-corrected chi connectivity index (χ4v) is 1.67. The molecule has 0 spiro atoms. The zero-order chi connectivity index (χ0) is 14.7. The highest BCUT2D eigenvalue weighted by molar-refractivity contribution is 6.33. The third-order valence-corrected chi connectivity index (χ3v) is 2.82. The van der Waals surface area contributed by atoms with Crippen molar-refractivity contribution in [3.8, 4) is 6.07 Å². The molecular weight excluding hydrogens is 280 g/mol. The Morgan fingerprint density at radius 1 is 1.40 bits per heavy atom. The SMILES string of the molecule is N#Cc1ccc(Cl)c(Nc2nc(C(=O)O)ccc2N)c1. The molecule has 0 aliphatic rings. The summed E-state index contributed by atoms with van der Waals surface area (Å²) in [4.78, 5) is 14.8. The molecule has 0 amide bonds. The summed E-state index contributed by atoms with van der Waals surface area (Å²) in [5.41, 5.74) is 6.69. The van der Waals surface area contributed by atoms with Crippen LogP contribution in [0.15, 0.2) is 30.3 Å². The lowest BCUT2D eigenvalue weighted by Gasteiger charge is -2.10. The normalized spacial score (nSPS) is 9.80. The molecule has 100 valence electrons. The Morgan fingerprint density at radius 3 is 2.80 bits per heavy atom. The van der Waals surface area contributed by atoms with Crippen LogP contribution in [-0.2, 0) is 0 Å². The van der Waals surface area contributed by atoms with E-state index in [2.05, 4.69) is 10.3 Å². The highest BCUT2D eigenvalue weighted by Crippen LogP contribution is 2.28. The van der Waals surface area contributed by atoms with Gasteiger partial charge in [-0.2, -0.15) is 5.26 Å². The fourth-order valence-electron chi connectivity index (χ4n) is 1.51. The van der Waals surface area contributed by atoms with Crippen LogP contribution in [0.3, 0.4) is 0 Å². The van der Waals surface area contributed by atoms with E-state index in [1.165, 1.54) is 18.2 Å². The summed E-state index contributed by atoms with van der Waals surface area (Å²) in [6, 6.07) is 9.36. The average Bonchev–Trinajstić information content (AvgIpc) is 2.43. The van der Waals surface area contributed by atoms with E-state index in [1.807, 2.05) is 6.07 Å². The number of nitriles is 1. The van der Waals surface area contributed by atoms with Gasteiger partial charge in [-0.05, 0) is 30.3 Å². The third kappa shape index (κ3) is 2.79. The van der Waals surface area contributed by atoms with Crippen molar-refractivity contribution in [3.63, 3.8) is 0 Å². The third-order valence-electron chi connectivity index (χ3n) is 2.49. The predicted molar refractivity (Wildman–Crippen MR) is 75.1 cm³/mol. The topological polar surface area (TPSA) is 112 Å². The van der Waals surface area contributed by atoms with Crippen LogP contribution in [0, 0.1) is 11.3 Å². The van der Waals surface area contributed by atoms with Gasteiger partial charge in [-0.25, -0.2) is 9.78 Å². The Balaban J connectivity index is 2.42. The fraction of sp³-hybridized carbons (Fsp3) is 0. The van der Waals surface area contributed by atoms with E-state index >= 15 is 0 Å². The predicted octanol–water partition coefficient (Wildman–Crippen LogP) is 2.63. The summed E-state index contributed by atoms with van der Waals surface area (Å²) in [7, 11) is 0. The van der Waals surface area contributed by atoms with Crippen molar-refractivity contribution in [1.29, 1.82) is 5.26 Å². The van der Waals surface area contributed by atoms with E-state index in [4.69, 9.17) is 27.7 Å². The second kappa shape index (κ2) is 5.47. The van der Waals surface area contributed by atoms with Gasteiger partial charge in [0.15, 0.2) is 11.5 Å². The Kier molecular flexibility index (Phi) is 3.73. The van der Waals surface area contributed by atoms with Gasteiger partial charge in [0.2, 0.25) is 0 Å². The van der Waals surface area contributed by atoms with Gasteiger partial charge in [0.1, 0.15) is 0 Å². The molecule has 0 radical (unpaired) electrons. The van der Waals surface area contributed by atoms with Crippen molar-refractivity contribution in [2.45, 2.75) is 0 Å². The van der Waals surface area contributed by atoms with Crippen LogP contribution in [0.4, 0.5) is 17.2 Å². The van der Waals surface area contributed by atoms with Gasteiger partial charge in [0.25, 0.3) is 0 Å². The molecule has 1 heterocycles. The lowest BCUT2D eigenvalue weighted by atomic mass is 10.2. The van der Waals surface area contributed by atoms with Crippen molar-refractivity contribution >= 4 is 34.8 Å². The number of carbonyl (C=O) groups is 1. The molecule has 0 saturated heterocycles. The number of halogens is 1. The first-order chi connectivity index (χ1) is 9.51. The van der Waals surface area contributed by atoms with Gasteiger partial charge in [0, 0.05) is 0 Å². The lowest BCUT2D eigenvalue weighted by molar-refractivity contribution is 0.0690. The monoisotopic (exact) mass is 288 g/mol. The Labute approximate surface area is 119 Å². The first-order valence-electron chi connectivity index (χ1n) is 5.47. The molecule has 0 fully saturated rings. The minimum Gasteiger partial charge on any atom is -0.477 e. The van der Waals surface area contributed by atoms with Crippen LogP contribution in [0.25, 0.3) is 0 Å². The standard InChI is InChI=1S/C13H9ClN4O2/c14-8-2-1-7(6-15)5-11(8)18-12-9(16)3-4-10(17-12)13(19)20/h1-5H,16H2,(H,17,18)(H,19,20). The quantitative estimate of drug-likeness (QED) is 0.800. The molecular formula is C13H9ClN4O2. The van der Waals surface area contributed by atoms with Crippen molar-refractivity contribution < 1.29 is 9.90 Å². The summed E-state index contributed by atoms with van der Waals surface area (Å²) in [5, 5.41) is 20.9. The summed E-state index contributed by atoms with van der Waals surface area (Å²) >= 11 is 6.00. The van der Waals surface area contributed by atoms with E-state index in [9.17, 15) is 4.79 Å². The Morgan fingerprint density at radius 2 is 2.15 bits per heavy atom. The van der Waals surface area contributed by atoms with E-state index in [1.54, 1.807) is 12.1 Å². The van der Waals surface area contributed by atoms with Crippen molar-refractivity contribution in [3.05, 3.63) is 46.6 Å². The van der Waals surface area contributed by atoms with E-state index in [0.717, 1.165) is 0 Å². The van der Waals surface area contributed by atoms with Crippen molar-refractivity contribution in [1.82, 2.24) is 4.98 Å². The number of pyridine rings is 1. The summed E-state index contributed by atoms with van der Waals surface area (Å²) in [6.45, 7) is 0. The number of carboxylic acid groups (broad SMARTS) is 1. The van der Waals surface area contributed by atoms with Crippen LogP contribution in [0.1, 0.15) is 16.1 Å². The number of aromatic nitrogens is 1. The first kappa shape index (κ1) is 13.6. The molecule has 6 nitrogen and oxygen atoms in total. The number of carboxylic acids is 1. The van der Waals surface area contributed by atoms with Gasteiger partial charge in [-0.15, -0.1) is 0 Å². The maximum atomic E-state index is 10.9. The number of benzene rings is 1. The number of nitrogen functional groups attached to an aromatic ring is 1. The first-order valence-corrected chi connectivity index (χ1v) is 5.85. The number of nitrogens with zero attached hydrogens (tertiary/aromatic N) is 2. The van der Waals surface area contributed by atoms with Crippen LogP contribution in [0.5, 0.6) is 0 Å². The largest absolute Gasteiger partial charge is 0.477 e. The number of nitrogens with two attached hydrogens (primary N) is 1. The zero-order valence-electron chi connectivity index (χ0n) is 10.1. The number of nitrogens with one attached hydrogen (secondary N) is 1. The molecule has 0 saturated carbocycles. The number of anilines is 3. The molecule has 0 aliphatic heterocycles. The maximum absolute atomic E-state index is 10.9. The van der Waals surface area contributed by atoms with Gasteiger partial charge >= 0.3 is 5.97 Å². The minimum atomic E-state index is -1.16. The number of aromatic carboxylic acids is 1. The van der Waals surface area contributed by atoms with Crippen LogP contribution >= 0.6 is 11.6 Å². The van der Waals surface area contributed by atoms with Gasteiger partial charge in [-0.1, -0.05) is 11.6 Å². The van der Waals surface area contributed by atoms with Crippen LogP contribution in [-0.4, -0.2) is 16.1 Å². The van der Waals surface area contributed by atoms with Crippen LogP contribution in [0.2, 0.25) is 5.02 Å². The molecule has 1 aromatic carbocycles. The van der Waals surface area contributed by atoms with E-state index in [0.29, 0.717) is 16.3 Å². The molecule has 0 unspecified atom stereocenters. The second-order valence-electron chi connectivity index (χ2n) is 3.87. The molecule has 2 aromatic rings. The summed E-state index contributed by atoms with van der Waals surface area (Å²) < 4.78 is 0. The summed E-state index contributed by atoms with van der Waals surface area (Å²) in [6.07, 6.45) is 0. The molecule has 2 rings (SSSR count). The second-order valence-corrected chi connectivity index (χ2v) is 4.28.